The largest absolute Gasteiger partial charge is 0.480 e. The minimum atomic E-state index is -4.62. The van der Waals surface area contributed by atoms with E-state index in [9.17, 15) is 19.0 Å². The normalized spacial score (nSPS) is 13.6. The van der Waals surface area contributed by atoms with Crippen LogP contribution in [0.25, 0.3) is 0 Å². The van der Waals surface area contributed by atoms with Crippen LogP contribution in [0.2, 0.25) is 0 Å². The molecule has 0 radical (unpaired) electrons. The van der Waals surface area contributed by atoms with Crippen molar-refractivity contribution in [2.24, 2.45) is 5.73 Å². The zero-order chi connectivity index (χ0) is 49.0. The van der Waals surface area contributed by atoms with Gasteiger partial charge in [-0.2, -0.15) is 0 Å². The van der Waals surface area contributed by atoms with Gasteiger partial charge in [-0.25, -0.2) is 4.57 Å². The number of carbonyl (C=O) groups excluding carboxylic acids is 1. The van der Waals surface area contributed by atoms with E-state index >= 15 is 0 Å². The van der Waals surface area contributed by atoms with Crippen molar-refractivity contribution in [1.29, 1.82) is 0 Å². The number of ether oxygens (including phenoxy) is 2. The van der Waals surface area contributed by atoms with E-state index < -0.39 is 45.1 Å². The van der Waals surface area contributed by atoms with Crippen LogP contribution in [0.15, 0.2) is 12.2 Å². The molecule has 67 heavy (non-hydrogen) atoms. The molecule has 0 aliphatic carbocycles. The van der Waals surface area contributed by atoms with Crippen LogP contribution in [0.5, 0.6) is 0 Å². The molecule has 0 heterocycles. The van der Waals surface area contributed by atoms with Crippen molar-refractivity contribution in [3.8, 4) is 0 Å². The first-order chi connectivity index (χ1) is 32.7. The van der Waals surface area contributed by atoms with Gasteiger partial charge in [0.05, 0.1) is 19.8 Å². The monoisotopic (exact) mass is 972 g/mol. The van der Waals surface area contributed by atoms with Crippen LogP contribution in [0.1, 0.15) is 296 Å². The molecule has 3 atom stereocenters. The summed E-state index contributed by atoms with van der Waals surface area (Å²) < 4.78 is 33.6. The van der Waals surface area contributed by atoms with Gasteiger partial charge in [0.15, 0.2) is 0 Å². The number of esters is 1. The summed E-state index contributed by atoms with van der Waals surface area (Å²) in [6, 6.07) is -1.47. The Hall–Kier alpha value is -1.29. The summed E-state index contributed by atoms with van der Waals surface area (Å²) in [5.74, 6) is -1.76. The maximum atomic E-state index is 12.7. The molecule has 0 aliphatic heterocycles. The maximum absolute atomic E-state index is 12.7. The Bertz CT molecular complexity index is 1120. The van der Waals surface area contributed by atoms with Gasteiger partial charge in [-0.3, -0.25) is 18.6 Å². The van der Waals surface area contributed by atoms with Crippen molar-refractivity contribution in [2.75, 3.05) is 26.4 Å². The summed E-state index contributed by atoms with van der Waals surface area (Å²) in [7, 11) is -4.62. The molecule has 0 spiro atoms. The van der Waals surface area contributed by atoms with Crippen LogP contribution < -0.4 is 5.73 Å². The zero-order valence-electron chi connectivity index (χ0n) is 44.0. The van der Waals surface area contributed by atoms with Gasteiger partial charge in [-0.05, 0) is 38.5 Å². The Morgan fingerprint density at radius 1 is 0.463 bits per heavy atom. The summed E-state index contributed by atoms with van der Waals surface area (Å²) in [4.78, 5) is 33.8. The Kier molecular flexibility index (Phi) is 51.5. The van der Waals surface area contributed by atoms with E-state index in [2.05, 4.69) is 26.0 Å². The topological polar surface area (TPSA) is 155 Å². The molecular weight excluding hydrogens is 862 g/mol. The van der Waals surface area contributed by atoms with Gasteiger partial charge in [-0.1, -0.05) is 264 Å². The van der Waals surface area contributed by atoms with Gasteiger partial charge in [-0.15, -0.1) is 0 Å². The lowest BCUT2D eigenvalue weighted by atomic mass is 10.0. The van der Waals surface area contributed by atoms with Gasteiger partial charge in [0.2, 0.25) is 0 Å². The van der Waals surface area contributed by atoms with Gasteiger partial charge in [0, 0.05) is 13.0 Å². The second kappa shape index (κ2) is 52.5. The molecule has 398 valence electrons. The van der Waals surface area contributed by atoms with Gasteiger partial charge < -0.3 is 25.2 Å². The molecule has 0 saturated heterocycles. The smallest absolute Gasteiger partial charge is 0.472 e. The van der Waals surface area contributed by atoms with Crippen molar-refractivity contribution < 1.29 is 42.7 Å². The summed E-state index contributed by atoms with van der Waals surface area (Å²) in [5, 5.41) is 8.95. The highest BCUT2D eigenvalue weighted by Crippen LogP contribution is 2.43. The zero-order valence-corrected chi connectivity index (χ0v) is 44.9. The lowest BCUT2D eigenvalue weighted by Gasteiger charge is -2.20. The van der Waals surface area contributed by atoms with E-state index in [-0.39, 0.29) is 13.0 Å². The summed E-state index contributed by atoms with van der Waals surface area (Å²) in [6.07, 6.45) is 60.0. The number of carbonyl (C=O) groups is 2. The van der Waals surface area contributed by atoms with Crippen molar-refractivity contribution in [3.05, 3.63) is 12.2 Å². The molecule has 10 nitrogen and oxygen atoms in total. The summed E-state index contributed by atoms with van der Waals surface area (Å²) >= 11 is 0. The fourth-order valence-electron chi connectivity index (χ4n) is 8.60. The Morgan fingerprint density at radius 2 is 0.776 bits per heavy atom. The number of hydrogen-bond acceptors (Lipinski definition) is 8. The van der Waals surface area contributed by atoms with E-state index in [0.29, 0.717) is 6.61 Å². The highest BCUT2D eigenvalue weighted by atomic mass is 31.2. The fourth-order valence-corrected chi connectivity index (χ4v) is 9.38. The molecule has 0 saturated carbocycles. The molecule has 3 unspecified atom stereocenters. The van der Waals surface area contributed by atoms with Gasteiger partial charge >= 0.3 is 19.8 Å². The van der Waals surface area contributed by atoms with E-state index in [1.807, 2.05) is 0 Å². The molecule has 0 aromatic rings. The lowest BCUT2D eigenvalue weighted by molar-refractivity contribution is -0.154. The first-order valence-electron chi connectivity index (χ1n) is 28.7. The van der Waals surface area contributed by atoms with Crippen LogP contribution in [-0.4, -0.2) is 60.5 Å². The number of allylic oxidation sites excluding steroid dienone is 2. The summed E-state index contributed by atoms with van der Waals surface area (Å²) in [5.41, 5.74) is 5.39. The molecule has 0 aliphatic rings. The van der Waals surface area contributed by atoms with Gasteiger partial charge in [0.1, 0.15) is 12.1 Å². The maximum Gasteiger partial charge on any atom is 0.472 e. The van der Waals surface area contributed by atoms with E-state index in [1.165, 1.54) is 238 Å². The van der Waals surface area contributed by atoms with Gasteiger partial charge in [0.25, 0.3) is 0 Å². The Labute approximate surface area is 413 Å². The van der Waals surface area contributed by atoms with E-state index in [1.54, 1.807) is 0 Å². The predicted octanol–water partition coefficient (Wildman–Crippen LogP) is 17.2. The van der Waals surface area contributed by atoms with Crippen LogP contribution in [0.3, 0.4) is 0 Å². The van der Waals surface area contributed by atoms with Crippen LogP contribution >= 0.6 is 7.82 Å². The number of phosphoric acid groups is 1. The molecule has 0 aromatic carbocycles. The van der Waals surface area contributed by atoms with Crippen molar-refractivity contribution >= 4 is 19.8 Å². The first kappa shape index (κ1) is 65.7. The molecule has 0 amide bonds. The van der Waals surface area contributed by atoms with E-state index in [4.69, 9.17) is 29.4 Å². The average Bonchev–Trinajstić information content (AvgIpc) is 3.31. The molecular formula is C56H110NO9P. The van der Waals surface area contributed by atoms with E-state index in [0.717, 1.165) is 38.5 Å². The number of nitrogens with two attached hydrogens (primary N) is 1. The minimum absolute atomic E-state index is 0.0236. The fraction of sp³-hybridized carbons (Fsp3) is 0.929. The van der Waals surface area contributed by atoms with Crippen LogP contribution in [0, 0.1) is 0 Å². The van der Waals surface area contributed by atoms with Crippen molar-refractivity contribution in [1.82, 2.24) is 0 Å². The number of unbranched alkanes of at least 4 members (excludes halogenated alkanes) is 40. The SMILES string of the molecule is CCCCCCCCCC/C=C\CCCCCCCCCCCCCCOCC(COP(=O)(O)OCC(N)C(=O)O)OC(=O)CCCCCCCCCCCCCCCCCCCCCCC. The lowest BCUT2D eigenvalue weighted by Crippen LogP contribution is -2.34. The number of aliphatic carboxylic acids is 1. The van der Waals surface area contributed by atoms with Crippen molar-refractivity contribution in [2.45, 2.75) is 309 Å². The number of hydrogen-bond donors (Lipinski definition) is 3. The van der Waals surface area contributed by atoms with Crippen LogP contribution in [0.4, 0.5) is 0 Å². The molecule has 11 heteroatoms. The molecule has 4 N–H and O–H groups in total. The van der Waals surface area contributed by atoms with Crippen molar-refractivity contribution in [3.63, 3.8) is 0 Å². The number of rotatable bonds is 56. The number of carboxylic acids is 1. The predicted molar refractivity (Wildman–Crippen MR) is 282 cm³/mol. The first-order valence-corrected chi connectivity index (χ1v) is 30.2. The second-order valence-electron chi connectivity index (χ2n) is 19.8. The molecule has 0 aromatic heterocycles. The highest BCUT2D eigenvalue weighted by Gasteiger charge is 2.27. The molecule has 0 fully saturated rings. The molecule has 0 rings (SSSR count). The Balaban J connectivity index is 4.02. The Morgan fingerprint density at radius 3 is 1.13 bits per heavy atom. The number of carboxylic acid groups (broad SMARTS) is 1. The number of phosphoric ester groups is 1. The second-order valence-corrected chi connectivity index (χ2v) is 21.2. The quantitative estimate of drug-likeness (QED) is 0.0232. The third-order valence-electron chi connectivity index (χ3n) is 13.0. The third kappa shape index (κ3) is 52.4. The summed E-state index contributed by atoms with van der Waals surface area (Å²) in [6.45, 7) is 3.96. The molecule has 0 bridgehead atoms. The minimum Gasteiger partial charge on any atom is -0.480 e. The average molecular weight is 972 g/mol. The van der Waals surface area contributed by atoms with Crippen LogP contribution in [-0.2, 0) is 32.7 Å². The third-order valence-corrected chi connectivity index (χ3v) is 14.0. The highest BCUT2D eigenvalue weighted by molar-refractivity contribution is 7.47. The standard InChI is InChI=1S/C56H110NO9P/c1-3-5-7-9-11-13-15-17-19-21-23-25-26-27-29-31-33-35-37-39-41-43-45-47-49-63-50-53(51-64-67(61,62)65-52-54(57)56(59)60)66-55(58)48-46-44-42-40-38-36-34-32-30-28-24-22-20-18-16-14-12-10-8-6-4-2/h21,23,53-54H,3-20,22,24-52,57H2,1-2H3,(H,59,60)(H,61,62)/b23-21-.